The summed E-state index contributed by atoms with van der Waals surface area (Å²) in [7, 11) is 0. The van der Waals surface area contributed by atoms with Crippen molar-refractivity contribution in [2.45, 2.75) is 41.0 Å². The molecule has 0 aliphatic carbocycles. The van der Waals surface area contributed by atoms with Crippen molar-refractivity contribution in [3.63, 3.8) is 0 Å². The van der Waals surface area contributed by atoms with Crippen LogP contribution >= 0.6 is 0 Å². The van der Waals surface area contributed by atoms with Crippen LogP contribution in [0.1, 0.15) is 43.9 Å². The van der Waals surface area contributed by atoms with Gasteiger partial charge in [0.05, 0.1) is 17.9 Å². The second-order valence-corrected chi connectivity index (χ2v) is 9.25. The van der Waals surface area contributed by atoms with Gasteiger partial charge >= 0.3 is 0 Å². The van der Waals surface area contributed by atoms with Gasteiger partial charge in [-0.2, -0.15) is 0 Å². The summed E-state index contributed by atoms with van der Waals surface area (Å²) in [5, 5.41) is 0. The van der Waals surface area contributed by atoms with E-state index in [2.05, 4.69) is 25.7 Å². The Labute approximate surface area is 190 Å². The number of likely N-dealkylation sites (tertiary alicyclic amines) is 1. The third-order valence-corrected chi connectivity index (χ3v) is 6.43. The maximum Gasteiger partial charge on any atom is 0.282 e. The number of aryl methyl sites for hydroxylation is 2. The Hall–Kier alpha value is -3.08. The van der Waals surface area contributed by atoms with E-state index in [4.69, 9.17) is 4.74 Å². The molecule has 2 aliphatic rings. The lowest BCUT2D eigenvalue weighted by atomic mass is 9.90. The van der Waals surface area contributed by atoms with Crippen molar-refractivity contribution >= 4 is 23.1 Å². The van der Waals surface area contributed by atoms with Gasteiger partial charge in [-0.3, -0.25) is 9.59 Å². The number of rotatable bonds is 5. The predicted octanol–water partition coefficient (Wildman–Crippen LogP) is 4.96. The smallest absolute Gasteiger partial charge is 0.282 e. The van der Waals surface area contributed by atoms with Crippen LogP contribution in [0.2, 0.25) is 0 Å². The predicted molar refractivity (Wildman–Crippen MR) is 127 cm³/mol. The normalized spacial score (nSPS) is 21.5. The SMILES string of the molecule is CCOc1cccc(N2C(=O)C(c3ccc(C)c(C)c3)=C(N3CC(C)CC(C)C3)C2=O)c1. The molecule has 32 heavy (non-hydrogen) atoms. The van der Waals surface area contributed by atoms with Crippen LogP contribution in [0.4, 0.5) is 5.69 Å². The third kappa shape index (κ3) is 4.04. The Morgan fingerprint density at radius 2 is 1.66 bits per heavy atom. The van der Waals surface area contributed by atoms with Crippen molar-refractivity contribution in [3.8, 4) is 5.75 Å². The van der Waals surface area contributed by atoms with E-state index in [1.54, 1.807) is 12.1 Å². The molecule has 5 nitrogen and oxygen atoms in total. The number of carbonyl (C=O) groups is 2. The van der Waals surface area contributed by atoms with Gasteiger partial charge in [0.1, 0.15) is 11.4 Å². The molecule has 1 fully saturated rings. The number of nitrogens with zero attached hydrogens (tertiary/aromatic N) is 2. The summed E-state index contributed by atoms with van der Waals surface area (Å²) >= 11 is 0. The molecule has 0 bridgehead atoms. The van der Waals surface area contributed by atoms with E-state index in [0.29, 0.717) is 41.1 Å². The van der Waals surface area contributed by atoms with Crippen LogP contribution < -0.4 is 9.64 Å². The van der Waals surface area contributed by atoms with Crippen molar-refractivity contribution in [2.75, 3.05) is 24.6 Å². The number of piperidine rings is 1. The zero-order valence-corrected chi connectivity index (χ0v) is 19.6. The molecule has 168 valence electrons. The van der Waals surface area contributed by atoms with E-state index in [-0.39, 0.29) is 11.8 Å². The van der Waals surface area contributed by atoms with Crippen LogP contribution in [-0.4, -0.2) is 36.4 Å². The number of amides is 2. The van der Waals surface area contributed by atoms with Crippen molar-refractivity contribution in [1.82, 2.24) is 4.90 Å². The summed E-state index contributed by atoms with van der Waals surface area (Å²) in [6.07, 6.45) is 1.13. The van der Waals surface area contributed by atoms with E-state index in [1.165, 1.54) is 4.90 Å². The van der Waals surface area contributed by atoms with Crippen LogP contribution in [0, 0.1) is 25.7 Å². The molecule has 4 rings (SSSR count). The summed E-state index contributed by atoms with van der Waals surface area (Å²) in [5.41, 5.74) is 4.64. The molecule has 2 atom stereocenters. The molecule has 2 unspecified atom stereocenters. The highest BCUT2D eigenvalue weighted by atomic mass is 16.5. The molecule has 0 saturated carbocycles. The fourth-order valence-electron chi connectivity index (χ4n) is 4.93. The summed E-state index contributed by atoms with van der Waals surface area (Å²) in [4.78, 5) is 31.0. The van der Waals surface area contributed by atoms with Crippen LogP contribution in [0.3, 0.4) is 0 Å². The number of anilines is 1. The summed E-state index contributed by atoms with van der Waals surface area (Å²) in [5.74, 6) is 1.05. The Morgan fingerprint density at radius 3 is 2.31 bits per heavy atom. The van der Waals surface area contributed by atoms with Crippen LogP contribution in [0.5, 0.6) is 5.75 Å². The minimum absolute atomic E-state index is 0.252. The standard InChI is InChI=1S/C27H32N2O3/c1-6-32-23-9-7-8-22(14-23)29-26(30)24(21-11-10-19(4)20(5)13-21)25(27(29)31)28-15-17(2)12-18(3)16-28/h7-11,13-14,17-18H,6,12,15-16H2,1-5H3. The lowest BCUT2D eigenvalue weighted by Gasteiger charge is -2.37. The fourth-order valence-corrected chi connectivity index (χ4v) is 4.93. The van der Waals surface area contributed by atoms with Gasteiger partial charge in [-0.1, -0.05) is 38.1 Å². The Bertz CT molecular complexity index is 1080. The molecule has 0 spiro atoms. The summed E-state index contributed by atoms with van der Waals surface area (Å²) in [6, 6.07) is 13.2. The van der Waals surface area contributed by atoms with Gasteiger partial charge in [-0.05, 0) is 67.9 Å². The van der Waals surface area contributed by atoms with E-state index in [0.717, 1.165) is 36.2 Å². The minimum atomic E-state index is -0.271. The van der Waals surface area contributed by atoms with Gasteiger partial charge in [0.15, 0.2) is 0 Å². The van der Waals surface area contributed by atoms with E-state index >= 15 is 0 Å². The fraction of sp³-hybridized carbons (Fsp3) is 0.407. The van der Waals surface area contributed by atoms with Gasteiger partial charge < -0.3 is 9.64 Å². The van der Waals surface area contributed by atoms with Crippen molar-refractivity contribution in [3.05, 3.63) is 64.9 Å². The zero-order valence-electron chi connectivity index (χ0n) is 19.6. The van der Waals surface area contributed by atoms with Gasteiger partial charge in [-0.15, -0.1) is 0 Å². The Balaban J connectivity index is 1.83. The second kappa shape index (κ2) is 8.81. The molecule has 2 amide bonds. The molecule has 2 aliphatic heterocycles. The largest absolute Gasteiger partial charge is 0.494 e. The zero-order chi connectivity index (χ0) is 23.0. The van der Waals surface area contributed by atoms with Crippen LogP contribution in [0.15, 0.2) is 48.2 Å². The molecular weight excluding hydrogens is 400 g/mol. The van der Waals surface area contributed by atoms with E-state index < -0.39 is 0 Å². The molecule has 0 radical (unpaired) electrons. The number of carbonyl (C=O) groups excluding carboxylic acids is 2. The first-order chi connectivity index (χ1) is 15.3. The van der Waals surface area contributed by atoms with Gasteiger partial charge in [0.25, 0.3) is 11.8 Å². The highest BCUT2D eigenvalue weighted by Gasteiger charge is 2.43. The first kappa shape index (κ1) is 22.1. The van der Waals surface area contributed by atoms with Gasteiger partial charge in [0, 0.05) is 19.2 Å². The second-order valence-electron chi connectivity index (χ2n) is 9.25. The average molecular weight is 433 g/mol. The van der Waals surface area contributed by atoms with Crippen molar-refractivity contribution < 1.29 is 14.3 Å². The highest BCUT2D eigenvalue weighted by molar-refractivity contribution is 6.45. The van der Waals surface area contributed by atoms with Crippen LogP contribution in [0.25, 0.3) is 5.57 Å². The topological polar surface area (TPSA) is 49.9 Å². The first-order valence-corrected chi connectivity index (χ1v) is 11.5. The van der Waals surface area contributed by atoms with E-state index in [1.807, 2.05) is 44.2 Å². The number of benzene rings is 2. The molecule has 5 heteroatoms. The number of hydrogen-bond donors (Lipinski definition) is 0. The van der Waals surface area contributed by atoms with Crippen molar-refractivity contribution in [2.24, 2.45) is 11.8 Å². The molecule has 2 aromatic rings. The summed E-state index contributed by atoms with van der Waals surface area (Å²) in [6.45, 7) is 12.5. The molecule has 1 saturated heterocycles. The molecule has 2 aromatic carbocycles. The van der Waals surface area contributed by atoms with E-state index in [9.17, 15) is 9.59 Å². The quantitative estimate of drug-likeness (QED) is 0.627. The molecule has 0 aromatic heterocycles. The monoisotopic (exact) mass is 432 g/mol. The third-order valence-electron chi connectivity index (χ3n) is 6.43. The maximum absolute atomic E-state index is 13.8. The minimum Gasteiger partial charge on any atom is -0.494 e. The molecule has 2 heterocycles. The average Bonchev–Trinajstić information content (AvgIpc) is 3.00. The Morgan fingerprint density at radius 1 is 0.938 bits per heavy atom. The summed E-state index contributed by atoms with van der Waals surface area (Å²) < 4.78 is 5.61. The lowest BCUT2D eigenvalue weighted by molar-refractivity contribution is -0.120. The number of imide groups is 1. The first-order valence-electron chi connectivity index (χ1n) is 11.5. The molecular formula is C27H32N2O3. The van der Waals surface area contributed by atoms with Gasteiger partial charge in [0.2, 0.25) is 0 Å². The van der Waals surface area contributed by atoms with Crippen LogP contribution in [-0.2, 0) is 9.59 Å². The lowest BCUT2D eigenvalue weighted by Crippen LogP contribution is -2.42. The highest BCUT2D eigenvalue weighted by Crippen LogP contribution is 2.38. The van der Waals surface area contributed by atoms with Crippen molar-refractivity contribution in [1.29, 1.82) is 0 Å². The maximum atomic E-state index is 13.8. The van der Waals surface area contributed by atoms with Gasteiger partial charge in [-0.25, -0.2) is 4.90 Å². The molecule has 0 N–H and O–H groups in total. The number of hydrogen-bond acceptors (Lipinski definition) is 4. The number of ether oxygens (including phenoxy) is 1. The Kier molecular flexibility index (Phi) is 6.09.